The van der Waals surface area contributed by atoms with Gasteiger partial charge in [0.15, 0.2) is 0 Å². The number of sulfonamides is 1. The molecule has 1 amide bonds. The normalized spacial score (nSPS) is 15.0. The number of nitrogens with one attached hydrogen (secondary N) is 1. The number of carbonyl (C=O) groups excluding carboxylic acids is 1. The lowest BCUT2D eigenvalue weighted by atomic mass is 10.0. The molecule has 1 N–H and O–H groups in total. The van der Waals surface area contributed by atoms with E-state index in [1.54, 1.807) is 26.0 Å². The first-order valence-electron chi connectivity index (χ1n) is 10.4. The van der Waals surface area contributed by atoms with Crippen LogP contribution in [0.1, 0.15) is 18.2 Å². The summed E-state index contributed by atoms with van der Waals surface area (Å²) in [5.41, 5.74) is 3.52. The molecule has 168 valence electrons. The number of amides is 1. The Bertz CT molecular complexity index is 1230. The number of benzene rings is 2. The van der Waals surface area contributed by atoms with Gasteiger partial charge >= 0.3 is 0 Å². The van der Waals surface area contributed by atoms with Gasteiger partial charge < -0.3 is 9.42 Å². The van der Waals surface area contributed by atoms with E-state index in [-0.39, 0.29) is 16.7 Å². The topological polar surface area (TPSA) is 95.8 Å². The van der Waals surface area contributed by atoms with Crippen molar-refractivity contribution in [1.29, 1.82) is 0 Å². The minimum Gasteiger partial charge on any atom is -0.369 e. The zero-order valence-corrected chi connectivity index (χ0v) is 19.1. The molecule has 9 heteroatoms. The molecule has 0 atom stereocenters. The molecule has 0 bridgehead atoms. The molecule has 0 spiro atoms. The van der Waals surface area contributed by atoms with E-state index in [4.69, 9.17) is 4.52 Å². The summed E-state index contributed by atoms with van der Waals surface area (Å²) in [4.78, 5) is 14.0. The van der Waals surface area contributed by atoms with Crippen molar-refractivity contribution in [3.63, 3.8) is 0 Å². The lowest BCUT2D eigenvalue weighted by Gasteiger charge is -2.35. The maximum absolute atomic E-state index is 13.5. The van der Waals surface area contributed by atoms with E-state index in [0.29, 0.717) is 48.6 Å². The van der Waals surface area contributed by atoms with Crippen molar-refractivity contribution in [2.75, 3.05) is 36.4 Å². The van der Waals surface area contributed by atoms with Gasteiger partial charge in [-0.15, -0.1) is 0 Å². The van der Waals surface area contributed by atoms with Gasteiger partial charge in [-0.05, 0) is 43.2 Å². The first-order chi connectivity index (χ1) is 15.3. The molecule has 2 heterocycles. The Kier molecular flexibility index (Phi) is 6.03. The molecule has 0 unspecified atom stereocenters. The molecule has 0 aliphatic carbocycles. The number of hydrogen-bond acceptors (Lipinski definition) is 6. The molecule has 4 rings (SSSR count). The van der Waals surface area contributed by atoms with Crippen LogP contribution >= 0.6 is 0 Å². The summed E-state index contributed by atoms with van der Waals surface area (Å²) in [6.45, 7) is 6.97. The Hall–Kier alpha value is -3.17. The lowest BCUT2D eigenvalue weighted by Crippen LogP contribution is -2.48. The summed E-state index contributed by atoms with van der Waals surface area (Å²) in [6.07, 6.45) is 0. The predicted molar refractivity (Wildman–Crippen MR) is 123 cm³/mol. The third-order valence-corrected chi connectivity index (χ3v) is 7.65. The fourth-order valence-electron chi connectivity index (χ4n) is 3.95. The Morgan fingerprint density at radius 1 is 1.03 bits per heavy atom. The van der Waals surface area contributed by atoms with Gasteiger partial charge in [0.25, 0.3) is 0 Å². The van der Waals surface area contributed by atoms with Gasteiger partial charge in [0.05, 0.1) is 16.2 Å². The summed E-state index contributed by atoms with van der Waals surface area (Å²) in [5.74, 6) is -0.0858. The second-order valence-electron chi connectivity index (χ2n) is 7.86. The van der Waals surface area contributed by atoms with E-state index in [1.807, 2.05) is 36.4 Å². The monoisotopic (exact) mass is 454 g/mol. The summed E-state index contributed by atoms with van der Waals surface area (Å²) in [6, 6.07) is 15.2. The highest BCUT2D eigenvalue weighted by molar-refractivity contribution is 7.89. The number of aromatic nitrogens is 1. The molecule has 32 heavy (non-hydrogen) atoms. The van der Waals surface area contributed by atoms with Gasteiger partial charge in [-0.2, -0.15) is 4.31 Å². The third kappa shape index (κ3) is 4.26. The second kappa shape index (κ2) is 8.76. The molecule has 0 radical (unpaired) electrons. The SMILES string of the molecule is CC(=O)Nc1onc(C)c1-c1ccc(C)c(S(=O)(=O)N2CCN(c3ccccc3)CC2)c1. The highest BCUT2D eigenvalue weighted by atomic mass is 32.2. The Morgan fingerprint density at radius 3 is 2.38 bits per heavy atom. The van der Waals surface area contributed by atoms with Crippen molar-refractivity contribution in [1.82, 2.24) is 9.46 Å². The van der Waals surface area contributed by atoms with Gasteiger partial charge in [0, 0.05) is 38.8 Å². The van der Waals surface area contributed by atoms with Crippen molar-refractivity contribution in [3.8, 4) is 11.1 Å². The quantitative estimate of drug-likeness (QED) is 0.635. The summed E-state index contributed by atoms with van der Waals surface area (Å²) in [5, 5.41) is 6.55. The zero-order valence-electron chi connectivity index (χ0n) is 18.3. The van der Waals surface area contributed by atoms with Gasteiger partial charge in [-0.25, -0.2) is 8.42 Å². The van der Waals surface area contributed by atoms with Gasteiger partial charge in [-0.3, -0.25) is 10.1 Å². The lowest BCUT2D eigenvalue weighted by molar-refractivity contribution is -0.114. The standard InChI is InChI=1S/C23H26N4O4S/c1-16-9-10-19(22-17(2)25-31-23(22)24-18(3)28)15-21(16)32(29,30)27-13-11-26(12-14-27)20-7-5-4-6-8-20/h4-10,15H,11-14H2,1-3H3,(H,24,28). The molecule has 1 saturated heterocycles. The maximum Gasteiger partial charge on any atom is 0.243 e. The highest BCUT2D eigenvalue weighted by Crippen LogP contribution is 2.34. The molecule has 2 aromatic carbocycles. The number of carbonyl (C=O) groups is 1. The number of anilines is 2. The Balaban J connectivity index is 1.62. The van der Waals surface area contributed by atoms with Crippen molar-refractivity contribution < 1.29 is 17.7 Å². The fraction of sp³-hybridized carbons (Fsp3) is 0.304. The summed E-state index contributed by atoms with van der Waals surface area (Å²) < 4.78 is 33.8. The molecule has 3 aromatic rings. The smallest absolute Gasteiger partial charge is 0.243 e. The molecule has 8 nitrogen and oxygen atoms in total. The Morgan fingerprint density at radius 2 is 1.72 bits per heavy atom. The number of aryl methyl sites for hydroxylation is 2. The molecule has 1 fully saturated rings. The first kappa shape index (κ1) is 22.0. The summed E-state index contributed by atoms with van der Waals surface area (Å²) >= 11 is 0. The van der Waals surface area contributed by atoms with E-state index in [1.165, 1.54) is 11.2 Å². The minimum absolute atomic E-state index is 0.207. The van der Waals surface area contributed by atoms with Crippen molar-refractivity contribution >= 4 is 27.5 Å². The van der Waals surface area contributed by atoms with E-state index < -0.39 is 10.0 Å². The van der Waals surface area contributed by atoms with Crippen LogP contribution in [0.3, 0.4) is 0 Å². The van der Waals surface area contributed by atoms with Crippen LogP contribution < -0.4 is 10.2 Å². The van der Waals surface area contributed by atoms with Crippen LogP contribution in [0.15, 0.2) is 57.9 Å². The predicted octanol–water partition coefficient (Wildman–Crippen LogP) is 3.43. The van der Waals surface area contributed by atoms with Gasteiger partial charge in [0.1, 0.15) is 0 Å². The van der Waals surface area contributed by atoms with Crippen LogP contribution in [0, 0.1) is 13.8 Å². The maximum atomic E-state index is 13.5. The Labute approximate surface area is 187 Å². The molecule has 0 saturated carbocycles. The highest BCUT2D eigenvalue weighted by Gasteiger charge is 2.30. The zero-order chi connectivity index (χ0) is 22.9. The average molecular weight is 455 g/mol. The third-order valence-electron chi connectivity index (χ3n) is 5.61. The molecule has 1 aliphatic rings. The molecular weight excluding hydrogens is 428 g/mol. The largest absolute Gasteiger partial charge is 0.369 e. The van der Waals surface area contributed by atoms with E-state index in [2.05, 4.69) is 15.4 Å². The van der Waals surface area contributed by atoms with Crippen LogP contribution in [0.4, 0.5) is 11.6 Å². The van der Waals surface area contributed by atoms with Crippen molar-refractivity contribution in [2.24, 2.45) is 0 Å². The number of rotatable bonds is 5. The number of para-hydroxylation sites is 1. The first-order valence-corrected chi connectivity index (χ1v) is 11.9. The van der Waals surface area contributed by atoms with Crippen LogP contribution in [-0.4, -0.2) is 50.0 Å². The second-order valence-corrected chi connectivity index (χ2v) is 9.77. The number of hydrogen-bond donors (Lipinski definition) is 1. The van der Waals surface area contributed by atoms with Gasteiger partial charge in [0.2, 0.25) is 21.8 Å². The van der Waals surface area contributed by atoms with E-state index in [0.717, 1.165) is 5.69 Å². The number of piperazine rings is 1. The minimum atomic E-state index is -3.69. The molecular formula is C23H26N4O4S. The van der Waals surface area contributed by atoms with Gasteiger partial charge in [-0.1, -0.05) is 35.5 Å². The van der Waals surface area contributed by atoms with Crippen LogP contribution in [0.25, 0.3) is 11.1 Å². The van der Waals surface area contributed by atoms with Crippen LogP contribution in [0.5, 0.6) is 0 Å². The fourth-order valence-corrected chi connectivity index (χ4v) is 5.63. The molecule has 1 aliphatic heterocycles. The van der Waals surface area contributed by atoms with Crippen molar-refractivity contribution in [3.05, 3.63) is 59.8 Å². The number of nitrogens with zero attached hydrogens (tertiary/aromatic N) is 3. The average Bonchev–Trinajstić information content (AvgIpc) is 3.14. The van der Waals surface area contributed by atoms with Crippen molar-refractivity contribution in [2.45, 2.75) is 25.7 Å². The van der Waals surface area contributed by atoms with Crippen LogP contribution in [0.2, 0.25) is 0 Å². The van der Waals surface area contributed by atoms with E-state index >= 15 is 0 Å². The van der Waals surface area contributed by atoms with Crippen LogP contribution in [-0.2, 0) is 14.8 Å². The summed E-state index contributed by atoms with van der Waals surface area (Å²) in [7, 11) is -3.69. The van der Waals surface area contributed by atoms with E-state index in [9.17, 15) is 13.2 Å². The molecule has 1 aromatic heterocycles.